The molecule has 2 heterocycles. The fraction of sp³-hybridized carbons (Fsp3) is 0.500. The SMILES string of the molecule is Cc1cccc(C(=O)NC(C(=O)Nc2nc(CN3CCCCC3)cs2)C(C)C)c1. The van der Waals surface area contributed by atoms with Crippen LogP contribution >= 0.6 is 11.3 Å². The van der Waals surface area contributed by atoms with Crippen molar-refractivity contribution in [2.75, 3.05) is 18.4 Å². The molecule has 2 amide bonds. The molecular weight excluding hydrogens is 384 g/mol. The molecule has 6 nitrogen and oxygen atoms in total. The third-order valence-electron chi connectivity index (χ3n) is 5.13. The average molecular weight is 415 g/mol. The maximum absolute atomic E-state index is 12.8. The molecule has 1 aromatic heterocycles. The van der Waals surface area contributed by atoms with Gasteiger partial charge in [-0.1, -0.05) is 38.0 Å². The summed E-state index contributed by atoms with van der Waals surface area (Å²) in [5, 5.41) is 8.34. The van der Waals surface area contributed by atoms with Crippen molar-refractivity contribution in [2.24, 2.45) is 5.92 Å². The summed E-state index contributed by atoms with van der Waals surface area (Å²) in [4.78, 5) is 32.4. The zero-order chi connectivity index (χ0) is 20.8. The van der Waals surface area contributed by atoms with Gasteiger partial charge in [-0.05, 0) is 50.9 Å². The lowest BCUT2D eigenvalue weighted by Crippen LogP contribution is -2.47. The Kier molecular flexibility index (Phi) is 7.39. The Bertz CT molecular complexity index is 843. The Hall–Kier alpha value is -2.25. The van der Waals surface area contributed by atoms with E-state index in [-0.39, 0.29) is 17.7 Å². The minimum atomic E-state index is -0.627. The van der Waals surface area contributed by atoms with E-state index in [4.69, 9.17) is 0 Å². The molecule has 1 saturated heterocycles. The second-order valence-corrected chi connectivity index (χ2v) is 8.89. The largest absolute Gasteiger partial charge is 0.340 e. The molecule has 3 rings (SSSR count). The van der Waals surface area contributed by atoms with Crippen molar-refractivity contribution in [3.05, 3.63) is 46.5 Å². The number of carbonyl (C=O) groups excluding carboxylic acids is 2. The summed E-state index contributed by atoms with van der Waals surface area (Å²) in [5.41, 5.74) is 2.55. The van der Waals surface area contributed by atoms with Crippen LogP contribution in [0.1, 0.15) is 54.7 Å². The molecule has 29 heavy (non-hydrogen) atoms. The Labute approximate surface area is 176 Å². The minimum absolute atomic E-state index is 0.0449. The van der Waals surface area contributed by atoms with E-state index in [1.807, 2.05) is 44.4 Å². The van der Waals surface area contributed by atoms with Gasteiger partial charge >= 0.3 is 0 Å². The van der Waals surface area contributed by atoms with Gasteiger partial charge in [-0.2, -0.15) is 0 Å². The van der Waals surface area contributed by atoms with Crippen molar-refractivity contribution >= 4 is 28.3 Å². The fourth-order valence-electron chi connectivity index (χ4n) is 3.51. The second-order valence-electron chi connectivity index (χ2n) is 8.03. The molecule has 1 atom stereocenters. The number of nitrogens with zero attached hydrogens (tertiary/aromatic N) is 2. The summed E-state index contributed by atoms with van der Waals surface area (Å²) in [6.45, 7) is 8.82. The first kappa shape index (κ1) is 21.5. The first-order valence-electron chi connectivity index (χ1n) is 10.3. The molecule has 1 fully saturated rings. The molecular formula is C22H30N4O2S. The van der Waals surface area contributed by atoms with Crippen LogP contribution in [-0.2, 0) is 11.3 Å². The van der Waals surface area contributed by atoms with Crippen LogP contribution in [0.2, 0.25) is 0 Å². The molecule has 0 aliphatic carbocycles. The lowest BCUT2D eigenvalue weighted by molar-refractivity contribution is -0.118. The monoisotopic (exact) mass is 414 g/mol. The Morgan fingerprint density at radius 3 is 2.66 bits per heavy atom. The lowest BCUT2D eigenvalue weighted by atomic mass is 10.0. The quantitative estimate of drug-likeness (QED) is 0.722. The number of amides is 2. The summed E-state index contributed by atoms with van der Waals surface area (Å²) < 4.78 is 0. The molecule has 0 spiro atoms. The standard InChI is InChI=1S/C22H30N4O2S/c1-15(2)19(24-20(27)17-9-7-8-16(3)12-17)21(28)25-22-23-18(14-29-22)13-26-10-5-4-6-11-26/h7-9,12,14-15,19H,4-6,10-11,13H2,1-3H3,(H,24,27)(H,23,25,28). The normalized spacial score (nSPS) is 15.9. The van der Waals surface area contributed by atoms with E-state index < -0.39 is 6.04 Å². The number of aromatic nitrogens is 1. The van der Waals surface area contributed by atoms with E-state index in [0.717, 1.165) is 30.9 Å². The summed E-state index contributed by atoms with van der Waals surface area (Å²) in [7, 11) is 0. The van der Waals surface area contributed by atoms with Crippen molar-refractivity contribution in [1.29, 1.82) is 0 Å². The number of hydrogen-bond acceptors (Lipinski definition) is 5. The van der Waals surface area contributed by atoms with Crippen molar-refractivity contribution < 1.29 is 9.59 Å². The van der Waals surface area contributed by atoms with Crippen LogP contribution in [-0.4, -0.2) is 40.8 Å². The van der Waals surface area contributed by atoms with Crippen LogP contribution in [0.3, 0.4) is 0 Å². The van der Waals surface area contributed by atoms with Crippen LogP contribution in [0.15, 0.2) is 29.6 Å². The van der Waals surface area contributed by atoms with Crippen LogP contribution in [0.4, 0.5) is 5.13 Å². The molecule has 2 N–H and O–H groups in total. The summed E-state index contributed by atoms with van der Waals surface area (Å²) in [5.74, 6) is -0.524. The lowest BCUT2D eigenvalue weighted by Gasteiger charge is -2.25. The highest BCUT2D eigenvalue weighted by Gasteiger charge is 2.25. The zero-order valence-electron chi connectivity index (χ0n) is 17.4. The molecule has 1 aliphatic rings. The summed E-state index contributed by atoms with van der Waals surface area (Å²) in [6, 6.07) is 6.72. The van der Waals surface area contributed by atoms with Crippen molar-refractivity contribution in [3.63, 3.8) is 0 Å². The van der Waals surface area contributed by atoms with Crippen LogP contribution < -0.4 is 10.6 Å². The van der Waals surface area contributed by atoms with Gasteiger partial charge in [0.2, 0.25) is 5.91 Å². The third-order valence-corrected chi connectivity index (χ3v) is 5.94. The number of likely N-dealkylation sites (tertiary alicyclic amines) is 1. The van der Waals surface area contributed by atoms with Gasteiger partial charge in [-0.25, -0.2) is 4.98 Å². The van der Waals surface area contributed by atoms with E-state index >= 15 is 0 Å². The number of hydrogen-bond donors (Lipinski definition) is 2. The van der Waals surface area contributed by atoms with Crippen molar-refractivity contribution in [2.45, 2.75) is 52.6 Å². The Balaban J connectivity index is 1.60. The number of aryl methyl sites for hydroxylation is 1. The zero-order valence-corrected chi connectivity index (χ0v) is 18.2. The van der Waals surface area contributed by atoms with Crippen LogP contribution in [0, 0.1) is 12.8 Å². The highest BCUT2D eigenvalue weighted by Crippen LogP contribution is 2.19. The van der Waals surface area contributed by atoms with Crippen LogP contribution in [0.5, 0.6) is 0 Å². The van der Waals surface area contributed by atoms with E-state index in [9.17, 15) is 9.59 Å². The van der Waals surface area contributed by atoms with Gasteiger partial charge in [0.05, 0.1) is 5.69 Å². The predicted octanol–water partition coefficient (Wildman–Crippen LogP) is 3.83. The minimum Gasteiger partial charge on any atom is -0.340 e. The Morgan fingerprint density at radius 2 is 1.97 bits per heavy atom. The first-order chi connectivity index (χ1) is 13.9. The van der Waals surface area contributed by atoms with Gasteiger partial charge in [0.25, 0.3) is 5.91 Å². The molecule has 2 aromatic rings. The van der Waals surface area contributed by atoms with Gasteiger partial charge in [-0.15, -0.1) is 11.3 Å². The van der Waals surface area contributed by atoms with E-state index in [1.54, 1.807) is 6.07 Å². The Morgan fingerprint density at radius 1 is 1.21 bits per heavy atom. The maximum Gasteiger partial charge on any atom is 0.251 e. The average Bonchev–Trinajstić information content (AvgIpc) is 3.13. The highest BCUT2D eigenvalue weighted by atomic mass is 32.1. The highest BCUT2D eigenvalue weighted by molar-refractivity contribution is 7.13. The number of piperidine rings is 1. The molecule has 0 bridgehead atoms. The number of thiazole rings is 1. The first-order valence-corrected chi connectivity index (χ1v) is 11.2. The molecule has 1 aliphatic heterocycles. The summed E-state index contributed by atoms with van der Waals surface area (Å²) >= 11 is 1.43. The van der Waals surface area contributed by atoms with E-state index in [2.05, 4.69) is 20.5 Å². The van der Waals surface area contributed by atoms with Crippen molar-refractivity contribution in [3.8, 4) is 0 Å². The van der Waals surface area contributed by atoms with E-state index in [0.29, 0.717) is 10.7 Å². The number of nitrogens with one attached hydrogen (secondary N) is 2. The number of carbonyl (C=O) groups is 2. The van der Waals surface area contributed by atoms with Gasteiger partial charge in [0.1, 0.15) is 6.04 Å². The van der Waals surface area contributed by atoms with Crippen molar-refractivity contribution in [1.82, 2.24) is 15.2 Å². The molecule has 1 unspecified atom stereocenters. The number of benzene rings is 1. The number of rotatable bonds is 7. The van der Waals surface area contributed by atoms with Crippen LogP contribution in [0.25, 0.3) is 0 Å². The predicted molar refractivity (Wildman–Crippen MR) is 117 cm³/mol. The molecule has 0 saturated carbocycles. The van der Waals surface area contributed by atoms with Gasteiger partial charge < -0.3 is 10.6 Å². The smallest absolute Gasteiger partial charge is 0.251 e. The molecule has 0 radical (unpaired) electrons. The second kappa shape index (κ2) is 9.98. The van der Waals surface area contributed by atoms with Gasteiger partial charge in [0.15, 0.2) is 5.13 Å². The third kappa shape index (κ3) is 6.11. The van der Waals surface area contributed by atoms with Gasteiger partial charge in [0, 0.05) is 17.5 Å². The molecule has 156 valence electrons. The topological polar surface area (TPSA) is 74.3 Å². The summed E-state index contributed by atoms with van der Waals surface area (Å²) in [6.07, 6.45) is 3.79. The maximum atomic E-state index is 12.8. The van der Waals surface area contributed by atoms with Gasteiger partial charge in [-0.3, -0.25) is 14.5 Å². The fourth-order valence-corrected chi connectivity index (χ4v) is 4.22. The number of anilines is 1. The molecule has 1 aromatic carbocycles. The van der Waals surface area contributed by atoms with E-state index in [1.165, 1.54) is 30.6 Å². The molecule has 7 heteroatoms.